The quantitative estimate of drug-likeness (QED) is 0.864. The molecular weight excluding hydrogens is 296 g/mol. The minimum atomic E-state index is -0.274. The van der Waals surface area contributed by atoms with E-state index in [4.69, 9.17) is 9.05 Å². The lowest BCUT2D eigenvalue weighted by Crippen LogP contribution is -2.47. The highest BCUT2D eigenvalue weighted by Crippen LogP contribution is 2.40. The largest absolute Gasteiger partial charge is 0.361 e. The number of piperidine rings is 1. The highest BCUT2D eigenvalue weighted by molar-refractivity contribution is 5.92. The molecule has 1 aliphatic carbocycles. The summed E-state index contributed by atoms with van der Waals surface area (Å²) in [5.41, 5.74) is 0.0853. The van der Waals surface area contributed by atoms with Crippen LogP contribution in [0.15, 0.2) is 15.1 Å². The monoisotopic (exact) mass is 316 g/mol. The predicted molar refractivity (Wildman–Crippen MR) is 80.0 cm³/mol. The number of aromatic nitrogens is 3. The third-order valence-electron chi connectivity index (χ3n) is 4.74. The van der Waals surface area contributed by atoms with E-state index in [2.05, 4.69) is 22.2 Å². The van der Waals surface area contributed by atoms with Crippen molar-refractivity contribution in [2.75, 3.05) is 13.1 Å². The predicted octanol–water partition coefficient (Wildman–Crippen LogP) is 2.44. The van der Waals surface area contributed by atoms with Crippen molar-refractivity contribution in [2.24, 2.45) is 0 Å². The zero-order valence-electron chi connectivity index (χ0n) is 13.4. The van der Waals surface area contributed by atoms with Gasteiger partial charge in [-0.25, -0.2) is 0 Å². The van der Waals surface area contributed by atoms with Gasteiger partial charge in [-0.05, 0) is 32.6 Å². The van der Waals surface area contributed by atoms with Crippen LogP contribution in [-0.4, -0.2) is 39.2 Å². The molecule has 2 fully saturated rings. The molecular formula is C16H20N4O3. The number of amides is 1. The fraction of sp³-hybridized carbons (Fsp3) is 0.625. The van der Waals surface area contributed by atoms with Gasteiger partial charge in [-0.1, -0.05) is 17.2 Å². The topological polar surface area (TPSA) is 85.3 Å². The van der Waals surface area contributed by atoms with Gasteiger partial charge in [0.05, 0.1) is 0 Å². The van der Waals surface area contributed by atoms with Crippen molar-refractivity contribution in [1.82, 2.24) is 20.2 Å². The van der Waals surface area contributed by atoms with Crippen molar-refractivity contribution >= 4 is 5.91 Å². The Balaban J connectivity index is 1.54. The van der Waals surface area contributed by atoms with Crippen LogP contribution in [0.3, 0.4) is 0 Å². The molecule has 1 saturated heterocycles. The van der Waals surface area contributed by atoms with Gasteiger partial charge < -0.3 is 13.9 Å². The van der Waals surface area contributed by atoms with Gasteiger partial charge in [0.25, 0.3) is 5.91 Å². The molecule has 1 aliphatic heterocycles. The van der Waals surface area contributed by atoms with Crippen molar-refractivity contribution in [2.45, 2.75) is 50.9 Å². The van der Waals surface area contributed by atoms with Crippen LogP contribution in [0.25, 0.3) is 0 Å². The zero-order valence-corrected chi connectivity index (χ0v) is 13.4. The first kappa shape index (κ1) is 14.4. The van der Waals surface area contributed by atoms with Crippen LogP contribution in [0.1, 0.15) is 66.5 Å². The summed E-state index contributed by atoms with van der Waals surface area (Å²) in [5.74, 6) is 2.45. The van der Waals surface area contributed by atoms with Gasteiger partial charge in [0.1, 0.15) is 5.76 Å². The molecule has 3 heterocycles. The Morgan fingerprint density at radius 3 is 2.87 bits per heavy atom. The summed E-state index contributed by atoms with van der Waals surface area (Å²) >= 11 is 0. The van der Waals surface area contributed by atoms with E-state index in [1.807, 2.05) is 4.90 Å². The Bertz CT molecular complexity index is 733. The number of hydrogen-bond donors (Lipinski definition) is 0. The van der Waals surface area contributed by atoms with Crippen LogP contribution < -0.4 is 0 Å². The summed E-state index contributed by atoms with van der Waals surface area (Å²) in [5, 5.41) is 8.02. The highest BCUT2D eigenvalue weighted by atomic mass is 16.5. The number of aryl methyl sites for hydroxylation is 1. The number of carbonyl (C=O) groups excluding carboxylic acids is 1. The molecule has 0 N–H and O–H groups in total. The van der Waals surface area contributed by atoms with E-state index in [9.17, 15) is 4.79 Å². The molecule has 7 nitrogen and oxygen atoms in total. The molecule has 0 bridgehead atoms. The molecule has 122 valence electrons. The molecule has 2 aromatic rings. The minimum absolute atomic E-state index is 0.0984. The SMILES string of the molecule is Cc1cc(C(=O)N2CCCC(C)(c3noc(C4CC4)n3)C2)no1. The van der Waals surface area contributed by atoms with Gasteiger partial charge in [-0.3, -0.25) is 4.79 Å². The second kappa shape index (κ2) is 5.18. The van der Waals surface area contributed by atoms with Gasteiger partial charge >= 0.3 is 0 Å². The fourth-order valence-corrected chi connectivity index (χ4v) is 3.20. The van der Waals surface area contributed by atoms with Gasteiger partial charge in [-0.2, -0.15) is 4.98 Å². The molecule has 2 aliphatic rings. The Morgan fingerprint density at radius 2 is 2.17 bits per heavy atom. The normalized spacial score (nSPS) is 24.9. The molecule has 1 amide bonds. The second-order valence-electron chi connectivity index (χ2n) is 6.94. The molecule has 0 aromatic carbocycles. The molecule has 1 atom stereocenters. The lowest BCUT2D eigenvalue weighted by atomic mass is 9.81. The van der Waals surface area contributed by atoms with Crippen molar-refractivity contribution in [3.8, 4) is 0 Å². The fourth-order valence-electron chi connectivity index (χ4n) is 3.20. The lowest BCUT2D eigenvalue weighted by molar-refractivity contribution is 0.0631. The number of likely N-dealkylation sites (tertiary alicyclic amines) is 1. The van der Waals surface area contributed by atoms with Crippen LogP contribution in [-0.2, 0) is 5.41 Å². The summed E-state index contributed by atoms with van der Waals surface area (Å²) in [4.78, 5) is 19.0. The van der Waals surface area contributed by atoms with Crippen molar-refractivity contribution in [1.29, 1.82) is 0 Å². The van der Waals surface area contributed by atoms with E-state index in [0.29, 0.717) is 36.3 Å². The number of carbonyl (C=O) groups is 1. The van der Waals surface area contributed by atoms with Crippen LogP contribution in [0, 0.1) is 6.92 Å². The third-order valence-corrected chi connectivity index (χ3v) is 4.74. The van der Waals surface area contributed by atoms with Crippen molar-refractivity contribution in [3.05, 3.63) is 29.2 Å². The first-order valence-corrected chi connectivity index (χ1v) is 8.12. The average molecular weight is 316 g/mol. The van der Waals surface area contributed by atoms with Gasteiger partial charge in [0.15, 0.2) is 11.5 Å². The standard InChI is InChI=1S/C16H20N4O3/c1-10-8-12(18-22-10)14(21)20-7-3-6-16(2,9-20)15-17-13(23-19-15)11-4-5-11/h8,11H,3-7,9H2,1-2H3. The van der Waals surface area contributed by atoms with Crippen LogP contribution in [0.2, 0.25) is 0 Å². The summed E-state index contributed by atoms with van der Waals surface area (Å²) in [7, 11) is 0. The van der Waals surface area contributed by atoms with Crippen molar-refractivity contribution < 1.29 is 13.8 Å². The molecule has 7 heteroatoms. The summed E-state index contributed by atoms with van der Waals surface area (Å²) in [6.07, 6.45) is 4.12. The number of rotatable bonds is 3. The van der Waals surface area contributed by atoms with E-state index in [1.54, 1.807) is 13.0 Å². The minimum Gasteiger partial charge on any atom is -0.361 e. The third kappa shape index (κ3) is 2.64. The zero-order chi connectivity index (χ0) is 16.0. The molecule has 0 spiro atoms. The smallest absolute Gasteiger partial charge is 0.276 e. The molecule has 2 aromatic heterocycles. The van der Waals surface area contributed by atoms with Crippen LogP contribution >= 0.6 is 0 Å². The van der Waals surface area contributed by atoms with Crippen molar-refractivity contribution in [3.63, 3.8) is 0 Å². The first-order valence-electron chi connectivity index (χ1n) is 8.12. The Hall–Kier alpha value is -2.18. The number of hydrogen-bond acceptors (Lipinski definition) is 6. The maximum atomic E-state index is 12.6. The molecule has 4 rings (SSSR count). The molecule has 23 heavy (non-hydrogen) atoms. The van der Waals surface area contributed by atoms with E-state index in [1.165, 1.54) is 0 Å². The maximum absolute atomic E-state index is 12.6. The summed E-state index contributed by atoms with van der Waals surface area (Å²) < 4.78 is 10.4. The Labute approximate surface area is 134 Å². The van der Waals surface area contributed by atoms with Crippen LogP contribution in [0.5, 0.6) is 0 Å². The first-order chi connectivity index (χ1) is 11.0. The average Bonchev–Trinajstić information content (AvgIpc) is 3.09. The Kier molecular flexibility index (Phi) is 3.25. The van der Waals surface area contributed by atoms with Gasteiger partial charge in [0.2, 0.25) is 5.89 Å². The van der Waals surface area contributed by atoms with E-state index in [-0.39, 0.29) is 11.3 Å². The van der Waals surface area contributed by atoms with Crippen LogP contribution in [0.4, 0.5) is 0 Å². The lowest BCUT2D eigenvalue weighted by Gasteiger charge is -2.38. The van der Waals surface area contributed by atoms with E-state index in [0.717, 1.165) is 31.6 Å². The molecule has 1 unspecified atom stereocenters. The highest BCUT2D eigenvalue weighted by Gasteiger charge is 2.40. The second-order valence-corrected chi connectivity index (χ2v) is 6.94. The molecule has 1 saturated carbocycles. The maximum Gasteiger partial charge on any atom is 0.276 e. The van der Waals surface area contributed by atoms with E-state index >= 15 is 0 Å². The van der Waals surface area contributed by atoms with Gasteiger partial charge in [-0.15, -0.1) is 0 Å². The molecule has 0 radical (unpaired) electrons. The summed E-state index contributed by atoms with van der Waals surface area (Å²) in [6, 6.07) is 1.67. The summed E-state index contributed by atoms with van der Waals surface area (Å²) in [6.45, 7) is 5.17. The number of nitrogens with zero attached hydrogens (tertiary/aromatic N) is 4. The van der Waals surface area contributed by atoms with Gasteiger partial charge in [0, 0.05) is 30.5 Å². The Morgan fingerprint density at radius 1 is 1.35 bits per heavy atom. The van der Waals surface area contributed by atoms with E-state index < -0.39 is 0 Å².